The van der Waals surface area contributed by atoms with Crippen molar-refractivity contribution in [1.82, 2.24) is 5.43 Å². The number of non-ortho nitro benzene ring substituents is 1. The highest BCUT2D eigenvalue weighted by molar-refractivity contribution is 6.05. The van der Waals surface area contributed by atoms with Crippen molar-refractivity contribution in [2.75, 3.05) is 5.32 Å². The molecule has 0 bridgehead atoms. The summed E-state index contributed by atoms with van der Waals surface area (Å²) in [4.78, 5) is 33.9. The molecular weight excluding hydrogens is 348 g/mol. The Morgan fingerprint density at radius 1 is 1.04 bits per heavy atom. The van der Waals surface area contributed by atoms with Gasteiger partial charge in [0.15, 0.2) is 0 Å². The number of hydrazone groups is 1. The monoisotopic (exact) mass is 368 g/mol. The average molecular weight is 368 g/mol. The molecule has 0 saturated carbocycles. The highest BCUT2D eigenvalue weighted by Crippen LogP contribution is 2.15. The molecule has 140 valence electrons. The minimum atomic E-state index is -0.511. The summed E-state index contributed by atoms with van der Waals surface area (Å²) < 4.78 is 0. The van der Waals surface area contributed by atoms with Crippen LogP contribution >= 0.6 is 0 Å². The van der Waals surface area contributed by atoms with Crippen LogP contribution in [0.1, 0.15) is 25.3 Å². The van der Waals surface area contributed by atoms with E-state index in [4.69, 9.17) is 0 Å². The molecular formula is C19H20N4O4. The van der Waals surface area contributed by atoms with Gasteiger partial charge in [0.2, 0.25) is 11.8 Å². The molecule has 0 saturated heterocycles. The fraction of sp³-hybridized carbons (Fsp3) is 0.211. The van der Waals surface area contributed by atoms with Gasteiger partial charge in [-0.2, -0.15) is 5.10 Å². The maximum absolute atomic E-state index is 12.0. The van der Waals surface area contributed by atoms with Gasteiger partial charge in [-0.05, 0) is 31.0 Å². The van der Waals surface area contributed by atoms with Crippen molar-refractivity contribution in [2.45, 2.75) is 26.2 Å². The Labute approximate surface area is 156 Å². The molecule has 0 radical (unpaired) electrons. The lowest BCUT2D eigenvalue weighted by Gasteiger charge is -2.05. The highest BCUT2D eigenvalue weighted by atomic mass is 16.6. The van der Waals surface area contributed by atoms with E-state index >= 15 is 0 Å². The van der Waals surface area contributed by atoms with Crippen LogP contribution < -0.4 is 10.7 Å². The fourth-order valence-corrected chi connectivity index (χ4v) is 2.26. The molecule has 0 aromatic heterocycles. The molecule has 0 spiro atoms. The Morgan fingerprint density at radius 2 is 1.70 bits per heavy atom. The summed E-state index contributed by atoms with van der Waals surface area (Å²) >= 11 is 0. The summed E-state index contributed by atoms with van der Waals surface area (Å²) in [6, 6.07) is 15.2. The number of carbonyl (C=O) groups is 2. The number of hydrogen-bond acceptors (Lipinski definition) is 5. The van der Waals surface area contributed by atoms with Crippen LogP contribution in [-0.4, -0.2) is 22.4 Å². The topological polar surface area (TPSA) is 114 Å². The number of aryl methyl sites for hydroxylation is 1. The van der Waals surface area contributed by atoms with E-state index in [1.165, 1.54) is 24.3 Å². The van der Waals surface area contributed by atoms with Crippen molar-refractivity contribution in [1.29, 1.82) is 0 Å². The van der Waals surface area contributed by atoms with Crippen molar-refractivity contribution >= 4 is 28.9 Å². The molecule has 2 rings (SSSR count). The lowest BCUT2D eigenvalue weighted by molar-refractivity contribution is -0.384. The summed E-state index contributed by atoms with van der Waals surface area (Å²) in [5.41, 5.74) is 4.35. The van der Waals surface area contributed by atoms with Crippen LogP contribution in [0.5, 0.6) is 0 Å². The Balaban J connectivity index is 1.75. The van der Waals surface area contributed by atoms with Crippen LogP contribution in [-0.2, 0) is 16.0 Å². The second kappa shape index (κ2) is 9.81. The maximum Gasteiger partial charge on any atom is 0.269 e. The first-order valence-electron chi connectivity index (χ1n) is 8.34. The van der Waals surface area contributed by atoms with E-state index in [0.29, 0.717) is 24.2 Å². The lowest BCUT2D eigenvalue weighted by Crippen LogP contribution is -2.21. The normalized spacial score (nSPS) is 10.9. The molecule has 2 aromatic carbocycles. The van der Waals surface area contributed by atoms with Gasteiger partial charge in [-0.25, -0.2) is 5.43 Å². The average Bonchev–Trinajstić information content (AvgIpc) is 2.66. The zero-order valence-electron chi connectivity index (χ0n) is 14.8. The maximum atomic E-state index is 12.0. The third-order valence-corrected chi connectivity index (χ3v) is 3.63. The highest BCUT2D eigenvalue weighted by Gasteiger charge is 2.08. The number of nitro benzene ring substituents is 1. The number of amides is 2. The van der Waals surface area contributed by atoms with E-state index < -0.39 is 4.92 Å². The number of benzene rings is 2. The second-order valence-corrected chi connectivity index (χ2v) is 5.90. The van der Waals surface area contributed by atoms with Crippen LogP contribution in [0.25, 0.3) is 0 Å². The molecule has 8 nitrogen and oxygen atoms in total. The number of hydrogen-bond donors (Lipinski definition) is 2. The summed E-state index contributed by atoms with van der Waals surface area (Å²) in [7, 11) is 0. The minimum Gasteiger partial charge on any atom is -0.326 e. The van der Waals surface area contributed by atoms with Gasteiger partial charge in [0.1, 0.15) is 0 Å². The van der Waals surface area contributed by atoms with Crippen molar-refractivity contribution < 1.29 is 14.5 Å². The van der Waals surface area contributed by atoms with Gasteiger partial charge in [0.05, 0.1) is 11.3 Å². The van der Waals surface area contributed by atoms with Crippen LogP contribution in [0.15, 0.2) is 59.7 Å². The molecule has 8 heteroatoms. The summed E-state index contributed by atoms with van der Waals surface area (Å²) in [6.45, 7) is 1.63. The standard InChI is InChI=1S/C19H20N4O4/c1-14(21-22-18(24)12-7-15-5-3-2-4-6-15)13-19(25)20-16-8-10-17(11-9-16)23(26)27/h2-6,8-11H,7,12-13H2,1H3,(H,20,25)(H,22,24)/b21-14-. The largest absolute Gasteiger partial charge is 0.326 e. The van der Waals surface area contributed by atoms with E-state index in [2.05, 4.69) is 15.8 Å². The zero-order valence-corrected chi connectivity index (χ0v) is 14.8. The summed E-state index contributed by atoms with van der Waals surface area (Å²) in [6.07, 6.45) is 0.910. The van der Waals surface area contributed by atoms with Crippen molar-refractivity contribution in [3.63, 3.8) is 0 Å². The van der Waals surface area contributed by atoms with Crippen molar-refractivity contribution in [3.8, 4) is 0 Å². The first-order chi connectivity index (χ1) is 12.9. The number of nitrogens with zero attached hydrogens (tertiary/aromatic N) is 2. The van der Waals surface area contributed by atoms with Crippen molar-refractivity contribution in [3.05, 3.63) is 70.3 Å². The molecule has 2 amide bonds. The Kier molecular flexibility index (Phi) is 7.18. The molecule has 0 fully saturated rings. The smallest absolute Gasteiger partial charge is 0.269 e. The molecule has 27 heavy (non-hydrogen) atoms. The van der Waals surface area contributed by atoms with Gasteiger partial charge < -0.3 is 5.32 Å². The third-order valence-electron chi connectivity index (χ3n) is 3.63. The Hall–Kier alpha value is -3.55. The van der Waals surface area contributed by atoms with Gasteiger partial charge in [0.25, 0.3) is 5.69 Å². The van der Waals surface area contributed by atoms with Crippen LogP contribution in [0, 0.1) is 10.1 Å². The van der Waals surface area contributed by atoms with E-state index in [9.17, 15) is 19.7 Å². The van der Waals surface area contributed by atoms with Crippen LogP contribution in [0.2, 0.25) is 0 Å². The molecule has 0 aliphatic heterocycles. The Morgan fingerprint density at radius 3 is 2.33 bits per heavy atom. The molecule has 2 aromatic rings. The number of carbonyl (C=O) groups excluding carboxylic acids is 2. The first kappa shape index (κ1) is 19.8. The first-order valence-corrected chi connectivity index (χ1v) is 8.34. The SMILES string of the molecule is C/C(CC(=O)Nc1ccc([N+](=O)[O-])cc1)=N/NC(=O)CCc1ccccc1. The number of anilines is 1. The predicted molar refractivity (Wildman–Crippen MR) is 102 cm³/mol. The molecule has 0 heterocycles. The predicted octanol–water partition coefficient (Wildman–Crippen LogP) is 3.05. The zero-order chi connectivity index (χ0) is 19.6. The van der Waals surface area contributed by atoms with Gasteiger partial charge in [-0.15, -0.1) is 0 Å². The number of nitro groups is 1. The van der Waals surface area contributed by atoms with Gasteiger partial charge in [-0.3, -0.25) is 19.7 Å². The van der Waals surface area contributed by atoms with Crippen LogP contribution in [0.4, 0.5) is 11.4 Å². The summed E-state index contributed by atoms with van der Waals surface area (Å²) in [5, 5.41) is 17.1. The van der Waals surface area contributed by atoms with Crippen molar-refractivity contribution in [2.24, 2.45) is 5.10 Å². The number of nitrogens with one attached hydrogen (secondary N) is 2. The molecule has 0 aliphatic carbocycles. The van der Waals surface area contributed by atoms with E-state index in [-0.39, 0.29) is 23.9 Å². The van der Waals surface area contributed by atoms with Gasteiger partial charge >= 0.3 is 0 Å². The quantitative estimate of drug-likeness (QED) is 0.423. The van der Waals surface area contributed by atoms with E-state index in [1.807, 2.05) is 30.3 Å². The molecule has 2 N–H and O–H groups in total. The molecule has 0 atom stereocenters. The fourth-order valence-electron chi connectivity index (χ4n) is 2.26. The van der Waals surface area contributed by atoms with E-state index in [0.717, 1.165) is 5.56 Å². The second-order valence-electron chi connectivity index (χ2n) is 5.90. The third kappa shape index (κ3) is 7.07. The minimum absolute atomic E-state index is 0.00402. The molecule has 0 aliphatic rings. The Bertz CT molecular complexity index is 833. The van der Waals surface area contributed by atoms with E-state index in [1.54, 1.807) is 6.92 Å². The van der Waals surface area contributed by atoms with Crippen LogP contribution in [0.3, 0.4) is 0 Å². The lowest BCUT2D eigenvalue weighted by atomic mass is 10.1. The van der Waals surface area contributed by atoms with Gasteiger partial charge in [0, 0.05) is 30.0 Å². The molecule has 0 unspecified atom stereocenters. The number of rotatable bonds is 8. The van der Waals surface area contributed by atoms with Gasteiger partial charge in [-0.1, -0.05) is 30.3 Å². The summed E-state index contributed by atoms with van der Waals surface area (Å²) in [5.74, 6) is -0.558.